The Morgan fingerprint density at radius 2 is 1.96 bits per heavy atom. The fraction of sp³-hybridized carbons (Fsp3) is 0.118. The van der Waals surface area contributed by atoms with E-state index in [4.69, 9.17) is 21.1 Å². The van der Waals surface area contributed by atoms with Crippen LogP contribution in [0.1, 0.15) is 5.56 Å². The lowest BCUT2D eigenvalue weighted by atomic mass is 10.1. The zero-order valence-corrected chi connectivity index (χ0v) is 13.4. The minimum absolute atomic E-state index is 0.0571. The van der Waals surface area contributed by atoms with Crippen molar-refractivity contribution >= 4 is 29.3 Å². The Hall–Kier alpha value is -2.53. The molecule has 0 bridgehead atoms. The van der Waals surface area contributed by atoms with E-state index in [1.807, 2.05) is 0 Å². The van der Waals surface area contributed by atoms with Crippen molar-refractivity contribution in [2.75, 3.05) is 19.5 Å². The lowest BCUT2D eigenvalue weighted by Crippen LogP contribution is -2.09. The minimum atomic E-state index is -0.599. The van der Waals surface area contributed by atoms with E-state index in [1.54, 1.807) is 31.4 Å². The molecule has 0 aliphatic carbocycles. The van der Waals surface area contributed by atoms with E-state index < -0.39 is 11.7 Å². The molecule has 2 rings (SSSR count). The van der Waals surface area contributed by atoms with Crippen LogP contribution < -0.4 is 14.8 Å². The molecule has 0 atom stereocenters. The Labute approximate surface area is 138 Å². The molecule has 0 saturated heterocycles. The Bertz CT molecular complexity index is 747. The predicted octanol–water partition coefficient (Wildman–Crippen LogP) is 4.15. The summed E-state index contributed by atoms with van der Waals surface area (Å²) in [4.78, 5) is 11.9. The van der Waals surface area contributed by atoms with E-state index in [0.29, 0.717) is 17.1 Å². The summed E-state index contributed by atoms with van der Waals surface area (Å²) >= 11 is 5.66. The molecule has 1 amide bonds. The first kappa shape index (κ1) is 16.8. The van der Waals surface area contributed by atoms with E-state index in [2.05, 4.69) is 5.32 Å². The van der Waals surface area contributed by atoms with Gasteiger partial charge in [0.2, 0.25) is 5.91 Å². The number of amides is 1. The summed E-state index contributed by atoms with van der Waals surface area (Å²) in [6.45, 7) is 0. The first-order valence-corrected chi connectivity index (χ1v) is 7.07. The highest BCUT2D eigenvalue weighted by molar-refractivity contribution is 6.30. The maximum atomic E-state index is 13.6. The van der Waals surface area contributed by atoms with Crippen LogP contribution in [0, 0.1) is 5.82 Å². The molecule has 4 nitrogen and oxygen atoms in total. The Kier molecular flexibility index (Phi) is 5.60. The van der Waals surface area contributed by atoms with Gasteiger partial charge in [0.05, 0.1) is 19.9 Å². The quantitative estimate of drug-likeness (QED) is 0.835. The first-order chi connectivity index (χ1) is 11.0. The average molecular weight is 336 g/mol. The summed E-state index contributed by atoms with van der Waals surface area (Å²) in [5.74, 6) is 0.149. The molecule has 0 aromatic heterocycles. The smallest absolute Gasteiger partial charge is 0.248 e. The third-order valence-corrected chi connectivity index (χ3v) is 3.28. The normalized spacial score (nSPS) is 10.6. The zero-order chi connectivity index (χ0) is 16.8. The molecule has 23 heavy (non-hydrogen) atoms. The highest BCUT2D eigenvalue weighted by atomic mass is 35.5. The minimum Gasteiger partial charge on any atom is -0.497 e. The van der Waals surface area contributed by atoms with Gasteiger partial charge >= 0.3 is 0 Å². The molecule has 0 aliphatic rings. The second-order valence-corrected chi connectivity index (χ2v) is 4.99. The molecule has 1 N–H and O–H groups in total. The van der Waals surface area contributed by atoms with Crippen molar-refractivity contribution in [3.05, 3.63) is 58.9 Å². The molecule has 0 spiro atoms. The van der Waals surface area contributed by atoms with Crippen LogP contribution >= 0.6 is 11.6 Å². The molecule has 0 aliphatic heterocycles. The summed E-state index contributed by atoms with van der Waals surface area (Å²) < 4.78 is 24.0. The molecule has 0 saturated carbocycles. The highest BCUT2D eigenvalue weighted by Gasteiger charge is 2.06. The van der Waals surface area contributed by atoms with Gasteiger partial charge in [-0.15, -0.1) is 0 Å². The number of carbonyl (C=O) groups excluding carboxylic acids is 1. The van der Waals surface area contributed by atoms with Crippen LogP contribution in [-0.2, 0) is 4.79 Å². The van der Waals surface area contributed by atoms with E-state index in [9.17, 15) is 9.18 Å². The number of nitrogens with one attached hydrogen (secondary N) is 1. The number of methoxy groups -OCH3 is 2. The molecule has 120 valence electrons. The molecule has 0 unspecified atom stereocenters. The van der Waals surface area contributed by atoms with Crippen LogP contribution in [0.3, 0.4) is 0 Å². The van der Waals surface area contributed by atoms with Crippen LogP contribution in [-0.4, -0.2) is 20.1 Å². The van der Waals surface area contributed by atoms with E-state index in [-0.39, 0.29) is 10.7 Å². The number of halogens is 2. The second-order valence-electron chi connectivity index (χ2n) is 4.55. The zero-order valence-electron chi connectivity index (χ0n) is 12.6. The lowest BCUT2D eigenvalue weighted by molar-refractivity contribution is -0.111. The number of rotatable bonds is 5. The third kappa shape index (κ3) is 4.47. The Balaban J connectivity index is 2.14. The predicted molar refractivity (Wildman–Crippen MR) is 88.6 cm³/mol. The monoisotopic (exact) mass is 335 g/mol. The van der Waals surface area contributed by atoms with Crippen LogP contribution in [0.2, 0.25) is 5.02 Å². The van der Waals surface area contributed by atoms with Gasteiger partial charge in [0.1, 0.15) is 17.3 Å². The van der Waals surface area contributed by atoms with Gasteiger partial charge in [-0.3, -0.25) is 4.79 Å². The van der Waals surface area contributed by atoms with E-state index in [1.165, 1.54) is 25.3 Å². The number of carbonyl (C=O) groups is 1. The summed E-state index contributed by atoms with van der Waals surface area (Å²) in [7, 11) is 3.08. The molecular formula is C17H15ClFNO3. The third-order valence-electron chi connectivity index (χ3n) is 3.04. The number of ether oxygens (including phenoxy) is 2. The van der Waals surface area contributed by atoms with Crippen LogP contribution in [0.5, 0.6) is 11.5 Å². The molecule has 0 radical (unpaired) electrons. The molecule has 2 aromatic carbocycles. The van der Waals surface area contributed by atoms with E-state index in [0.717, 1.165) is 6.07 Å². The SMILES string of the molecule is COc1ccc(OC)c(/C=C/C(=O)Nc2ccc(Cl)cc2F)c1. The fourth-order valence-corrected chi connectivity index (χ4v) is 2.06. The lowest BCUT2D eigenvalue weighted by Gasteiger charge is -2.07. The Morgan fingerprint density at radius 3 is 2.61 bits per heavy atom. The molecular weight excluding hydrogens is 321 g/mol. The van der Waals surface area contributed by atoms with Crippen molar-refractivity contribution in [3.63, 3.8) is 0 Å². The van der Waals surface area contributed by atoms with Gasteiger partial charge in [-0.25, -0.2) is 4.39 Å². The van der Waals surface area contributed by atoms with Gasteiger partial charge in [0, 0.05) is 16.7 Å². The highest BCUT2D eigenvalue weighted by Crippen LogP contribution is 2.25. The van der Waals surface area contributed by atoms with Crippen molar-refractivity contribution in [2.24, 2.45) is 0 Å². The maximum Gasteiger partial charge on any atom is 0.248 e. The molecule has 0 heterocycles. The van der Waals surface area contributed by atoms with Crippen LogP contribution in [0.15, 0.2) is 42.5 Å². The summed E-state index contributed by atoms with van der Waals surface area (Å²) in [6, 6.07) is 9.23. The average Bonchev–Trinajstić information content (AvgIpc) is 2.55. The summed E-state index contributed by atoms with van der Waals surface area (Å²) in [6.07, 6.45) is 2.84. The number of benzene rings is 2. The van der Waals surface area contributed by atoms with Gasteiger partial charge in [0.25, 0.3) is 0 Å². The second kappa shape index (κ2) is 7.65. The standard InChI is InChI=1S/C17H15ClFNO3/c1-22-13-5-7-16(23-2)11(9-13)3-8-17(21)20-15-6-4-12(18)10-14(15)19/h3-10H,1-2H3,(H,20,21)/b8-3+. The van der Waals surface area contributed by atoms with Crippen molar-refractivity contribution < 1.29 is 18.7 Å². The van der Waals surface area contributed by atoms with Crippen molar-refractivity contribution in [1.29, 1.82) is 0 Å². The maximum absolute atomic E-state index is 13.6. The Morgan fingerprint density at radius 1 is 1.17 bits per heavy atom. The van der Waals surface area contributed by atoms with Crippen LogP contribution in [0.25, 0.3) is 6.08 Å². The van der Waals surface area contributed by atoms with Crippen molar-refractivity contribution in [1.82, 2.24) is 0 Å². The molecule has 2 aromatic rings. The van der Waals surface area contributed by atoms with Crippen LogP contribution in [0.4, 0.5) is 10.1 Å². The first-order valence-electron chi connectivity index (χ1n) is 6.69. The summed E-state index contributed by atoms with van der Waals surface area (Å²) in [5, 5.41) is 2.70. The van der Waals surface area contributed by atoms with Gasteiger partial charge in [-0.1, -0.05) is 11.6 Å². The van der Waals surface area contributed by atoms with Gasteiger partial charge < -0.3 is 14.8 Å². The van der Waals surface area contributed by atoms with Crippen molar-refractivity contribution in [3.8, 4) is 11.5 Å². The fourth-order valence-electron chi connectivity index (χ4n) is 1.90. The largest absolute Gasteiger partial charge is 0.497 e. The van der Waals surface area contributed by atoms with E-state index >= 15 is 0 Å². The number of hydrogen-bond acceptors (Lipinski definition) is 3. The van der Waals surface area contributed by atoms with Gasteiger partial charge in [-0.2, -0.15) is 0 Å². The number of hydrogen-bond donors (Lipinski definition) is 1. The molecule has 6 heteroatoms. The number of anilines is 1. The topological polar surface area (TPSA) is 47.6 Å². The van der Waals surface area contributed by atoms with Gasteiger partial charge in [0.15, 0.2) is 0 Å². The van der Waals surface area contributed by atoms with Crippen molar-refractivity contribution in [2.45, 2.75) is 0 Å². The molecule has 0 fully saturated rings. The summed E-state index contributed by atoms with van der Waals surface area (Å²) in [5.41, 5.74) is 0.722. The van der Waals surface area contributed by atoms with Gasteiger partial charge in [-0.05, 0) is 42.5 Å².